The van der Waals surface area contributed by atoms with Gasteiger partial charge in [0.15, 0.2) is 0 Å². The quantitative estimate of drug-likeness (QED) is 0.720. The van der Waals surface area contributed by atoms with Gasteiger partial charge in [0.25, 0.3) is 0 Å². The molecule has 0 radical (unpaired) electrons. The third-order valence-corrected chi connectivity index (χ3v) is 2.64. The molecule has 1 saturated heterocycles. The number of aliphatic hydroxyl groups is 1. The van der Waals surface area contributed by atoms with Gasteiger partial charge >= 0.3 is 0 Å². The van der Waals surface area contributed by atoms with Gasteiger partial charge in [-0.1, -0.05) is 0 Å². The van der Waals surface area contributed by atoms with E-state index in [9.17, 15) is 5.11 Å². The van der Waals surface area contributed by atoms with Crippen molar-refractivity contribution in [2.75, 3.05) is 19.8 Å². The summed E-state index contributed by atoms with van der Waals surface area (Å²) in [7, 11) is 0. The Hall–Kier alpha value is -0.120. The van der Waals surface area contributed by atoms with Crippen molar-refractivity contribution in [1.82, 2.24) is 0 Å². The SMILES string of the molecule is CCOC(C)(C)C(O)C1CCOC1. The van der Waals surface area contributed by atoms with E-state index in [1.807, 2.05) is 20.8 Å². The molecule has 0 spiro atoms. The Morgan fingerprint density at radius 2 is 2.31 bits per heavy atom. The Morgan fingerprint density at radius 3 is 2.77 bits per heavy atom. The van der Waals surface area contributed by atoms with E-state index in [0.717, 1.165) is 13.0 Å². The van der Waals surface area contributed by atoms with Gasteiger partial charge in [0.1, 0.15) is 0 Å². The van der Waals surface area contributed by atoms with E-state index in [4.69, 9.17) is 9.47 Å². The Bertz CT molecular complexity index is 150. The van der Waals surface area contributed by atoms with Crippen molar-refractivity contribution >= 4 is 0 Å². The molecule has 78 valence electrons. The molecule has 0 aromatic rings. The van der Waals surface area contributed by atoms with Crippen molar-refractivity contribution in [3.8, 4) is 0 Å². The molecule has 0 aliphatic carbocycles. The van der Waals surface area contributed by atoms with Gasteiger partial charge in [0, 0.05) is 19.1 Å². The molecule has 0 bridgehead atoms. The lowest BCUT2D eigenvalue weighted by atomic mass is 9.89. The van der Waals surface area contributed by atoms with E-state index >= 15 is 0 Å². The van der Waals surface area contributed by atoms with E-state index in [0.29, 0.717) is 13.2 Å². The van der Waals surface area contributed by atoms with Crippen molar-refractivity contribution in [1.29, 1.82) is 0 Å². The standard InChI is InChI=1S/C10H20O3/c1-4-13-10(2,3)9(11)8-5-6-12-7-8/h8-9,11H,4-7H2,1-3H3. The maximum absolute atomic E-state index is 10.0. The van der Waals surface area contributed by atoms with E-state index in [1.165, 1.54) is 0 Å². The summed E-state index contributed by atoms with van der Waals surface area (Å²) in [6.07, 6.45) is 0.521. The molecular weight excluding hydrogens is 168 g/mol. The summed E-state index contributed by atoms with van der Waals surface area (Å²) in [5.41, 5.74) is -0.451. The van der Waals surface area contributed by atoms with Crippen LogP contribution in [0.1, 0.15) is 27.2 Å². The predicted molar refractivity (Wildman–Crippen MR) is 50.6 cm³/mol. The maximum Gasteiger partial charge on any atom is 0.0887 e. The molecule has 1 fully saturated rings. The van der Waals surface area contributed by atoms with Gasteiger partial charge in [-0.3, -0.25) is 0 Å². The van der Waals surface area contributed by atoms with Gasteiger partial charge in [0.2, 0.25) is 0 Å². The Labute approximate surface area is 80.0 Å². The van der Waals surface area contributed by atoms with Crippen molar-refractivity contribution in [2.24, 2.45) is 5.92 Å². The second kappa shape index (κ2) is 4.40. The fourth-order valence-electron chi connectivity index (χ4n) is 1.83. The van der Waals surface area contributed by atoms with Crippen LogP contribution in [0.15, 0.2) is 0 Å². The highest BCUT2D eigenvalue weighted by atomic mass is 16.5. The number of ether oxygens (including phenoxy) is 2. The number of hydrogen-bond donors (Lipinski definition) is 1. The van der Waals surface area contributed by atoms with Crippen LogP contribution in [0, 0.1) is 5.92 Å². The zero-order chi connectivity index (χ0) is 9.90. The summed E-state index contributed by atoms with van der Waals surface area (Å²) in [4.78, 5) is 0. The summed E-state index contributed by atoms with van der Waals surface area (Å²) in [6.45, 7) is 7.87. The first-order valence-electron chi connectivity index (χ1n) is 4.97. The fraction of sp³-hybridized carbons (Fsp3) is 1.00. The zero-order valence-electron chi connectivity index (χ0n) is 8.75. The highest BCUT2D eigenvalue weighted by Crippen LogP contribution is 2.26. The topological polar surface area (TPSA) is 38.7 Å². The van der Waals surface area contributed by atoms with E-state index in [1.54, 1.807) is 0 Å². The average Bonchev–Trinajstić information content (AvgIpc) is 2.54. The Balaban J connectivity index is 2.48. The fourth-order valence-corrected chi connectivity index (χ4v) is 1.83. The van der Waals surface area contributed by atoms with Gasteiger partial charge in [-0.25, -0.2) is 0 Å². The van der Waals surface area contributed by atoms with E-state index in [2.05, 4.69) is 0 Å². The monoisotopic (exact) mass is 188 g/mol. The van der Waals surface area contributed by atoms with Crippen LogP contribution < -0.4 is 0 Å². The molecule has 3 heteroatoms. The van der Waals surface area contributed by atoms with E-state index < -0.39 is 11.7 Å². The van der Waals surface area contributed by atoms with Gasteiger partial charge in [-0.15, -0.1) is 0 Å². The number of rotatable bonds is 4. The lowest BCUT2D eigenvalue weighted by Crippen LogP contribution is -2.44. The summed E-state index contributed by atoms with van der Waals surface area (Å²) < 4.78 is 10.7. The van der Waals surface area contributed by atoms with Crippen molar-refractivity contribution in [3.05, 3.63) is 0 Å². The Kier molecular flexibility index (Phi) is 3.71. The van der Waals surface area contributed by atoms with Crippen LogP contribution in [0.2, 0.25) is 0 Å². The van der Waals surface area contributed by atoms with Crippen LogP contribution in [0.3, 0.4) is 0 Å². The minimum Gasteiger partial charge on any atom is -0.390 e. The lowest BCUT2D eigenvalue weighted by molar-refractivity contribution is -0.117. The third-order valence-electron chi connectivity index (χ3n) is 2.64. The van der Waals surface area contributed by atoms with Crippen LogP contribution >= 0.6 is 0 Å². The van der Waals surface area contributed by atoms with Gasteiger partial charge in [-0.05, 0) is 27.2 Å². The van der Waals surface area contributed by atoms with Crippen LogP contribution in [0.5, 0.6) is 0 Å². The smallest absolute Gasteiger partial charge is 0.0887 e. The molecule has 2 atom stereocenters. The summed E-state index contributed by atoms with van der Waals surface area (Å²) in [5, 5.41) is 10.0. The van der Waals surface area contributed by atoms with Crippen LogP contribution in [-0.2, 0) is 9.47 Å². The van der Waals surface area contributed by atoms with Gasteiger partial charge in [-0.2, -0.15) is 0 Å². The third kappa shape index (κ3) is 2.66. The molecule has 0 aromatic heterocycles. The van der Waals surface area contributed by atoms with Crippen molar-refractivity contribution in [2.45, 2.75) is 38.9 Å². The van der Waals surface area contributed by atoms with Gasteiger partial charge in [0.05, 0.1) is 18.3 Å². The number of aliphatic hydroxyl groups excluding tert-OH is 1. The molecule has 1 N–H and O–H groups in total. The molecule has 13 heavy (non-hydrogen) atoms. The van der Waals surface area contributed by atoms with Crippen LogP contribution in [0.25, 0.3) is 0 Å². The minimum absolute atomic E-state index is 0.238. The minimum atomic E-state index is -0.451. The summed E-state index contributed by atoms with van der Waals surface area (Å²) in [6, 6.07) is 0. The van der Waals surface area contributed by atoms with E-state index in [-0.39, 0.29) is 5.92 Å². The summed E-state index contributed by atoms with van der Waals surface area (Å²) in [5.74, 6) is 0.238. The summed E-state index contributed by atoms with van der Waals surface area (Å²) >= 11 is 0. The van der Waals surface area contributed by atoms with Crippen LogP contribution in [-0.4, -0.2) is 36.6 Å². The zero-order valence-corrected chi connectivity index (χ0v) is 8.75. The molecule has 0 saturated carbocycles. The lowest BCUT2D eigenvalue weighted by Gasteiger charge is -2.33. The first kappa shape index (κ1) is 11.0. The molecule has 1 aliphatic rings. The Morgan fingerprint density at radius 1 is 1.62 bits per heavy atom. The highest BCUT2D eigenvalue weighted by molar-refractivity contribution is 4.86. The second-order valence-electron chi connectivity index (χ2n) is 4.10. The molecule has 1 rings (SSSR count). The molecule has 1 heterocycles. The first-order valence-corrected chi connectivity index (χ1v) is 4.97. The average molecular weight is 188 g/mol. The molecule has 1 aliphatic heterocycles. The molecular formula is C10H20O3. The van der Waals surface area contributed by atoms with Crippen molar-refractivity contribution < 1.29 is 14.6 Å². The molecule has 2 unspecified atom stereocenters. The van der Waals surface area contributed by atoms with Gasteiger partial charge < -0.3 is 14.6 Å². The normalized spacial score (nSPS) is 26.3. The second-order valence-corrected chi connectivity index (χ2v) is 4.10. The maximum atomic E-state index is 10.0. The predicted octanol–water partition coefficient (Wildman–Crippen LogP) is 1.20. The first-order chi connectivity index (χ1) is 6.08. The number of hydrogen-bond acceptors (Lipinski definition) is 3. The largest absolute Gasteiger partial charge is 0.390 e. The van der Waals surface area contributed by atoms with Crippen molar-refractivity contribution in [3.63, 3.8) is 0 Å². The van der Waals surface area contributed by atoms with Crippen LogP contribution in [0.4, 0.5) is 0 Å². The molecule has 3 nitrogen and oxygen atoms in total. The molecule has 0 aromatic carbocycles. The highest BCUT2D eigenvalue weighted by Gasteiger charge is 2.36. The molecule has 0 amide bonds.